The predicted molar refractivity (Wildman–Crippen MR) is 121 cm³/mol. The number of hydrogen-bond donors (Lipinski definition) is 0. The minimum Gasteiger partial charge on any atom is -0.258 e. The van der Waals surface area contributed by atoms with E-state index in [1.807, 2.05) is 24.3 Å². The Hall–Kier alpha value is -3.62. The highest BCUT2D eigenvalue weighted by molar-refractivity contribution is 7.24. The van der Waals surface area contributed by atoms with Gasteiger partial charge in [0.1, 0.15) is 0 Å². The first-order valence-corrected chi connectivity index (χ1v) is 10.6. The molecule has 0 unspecified atom stereocenters. The molecule has 0 atom stereocenters. The first-order valence-electron chi connectivity index (χ1n) is 8.96. The van der Waals surface area contributed by atoms with E-state index in [-0.39, 0.29) is 21.2 Å². The van der Waals surface area contributed by atoms with E-state index < -0.39 is 0 Å². The number of para-hydroxylation sites is 2. The van der Waals surface area contributed by atoms with E-state index in [1.165, 1.54) is 34.8 Å². The molecule has 2 aromatic heterocycles. The molecule has 6 nitrogen and oxygen atoms in total. The van der Waals surface area contributed by atoms with Crippen molar-refractivity contribution in [3.8, 4) is 20.9 Å². The molecule has 8 heteroatoms. The Kier molecular flexibility index (Phi) is 4.30. The monoisotopic (exact) mass is 432 g/mol. The molecular weight excluding hydrogens is 420 g/mol. The van der Waals surface area contributed by atoms with Crippen molar-refractivity contribution in [3.63, 3.8) is 0 Å². The standard InChI is InChI=1S/C22H12N2O4S2/c25-23(26)17-7-3-1-5-15(17)21-11-13-9-20-14(10-19(13)29-21)12-22(30-20)16-6-2-4-8-18(16)24(27)28/h1-12H. The largest absolute Gasteiger partial charge is 0.278 e. The van der Waals surface area contributed by atoms with Gasteiger partial charge in [0, 0.05) is 31.3 Å². The summed E-state index contributed by atoms with van der Waals surface area (Å²) in [6, 6.07) is 21.5. The van der Waals surface area contributed by atoms with Gasteiger partial charge in [-0.2, -0.15) is 0 Å². The van der Waals surface area contributed by atoms with Crippen molar-refractivity contribution in [2.45, 2.75) is 0 Å². The Bertz CT molecular complexity index is 1310. The van der Waals surface area contributed by atoms with Gasteiger partial charge in [-0.1, -0.05) is 24.3 Å². The van der Waals surface area contributed by atoms with Crippen LogP contribution in [0.1, 0.15) is 0 Å². The quantitative estimate of drug-likeness (QED) is 0.221. The number of fused-ring (bicyclic) bond motifs is 2. The van der Waals surface area contributed by atoms with Crippen molar-refractivity contribution in [2.24, 2.45) is 0 Å². The maximum absolute atomic E-state index is 11.4. The van der Waals surface area contributed by atoms with Crippen LogP contribution >= 0.6 is 22.7 Å². The molecular formula is C22H12N2O4S2. The average Bonchev–Trinajstić information content (AvgIpc) is 3.34. The van der Waals surface area contributed by atoms with Crippen LogP contribution in [-0.2, 0) is 0 Å². The van der Waals surface area contributed by atoms with Gasteiger partial charge in [0.15, 0.2) is 0 Å². The SMILES string of the molecule is O=[N+]([O-])c1ccccc1-c1cc2cc3sc(-c4ccccc4[N+](=O)[O-])cc3cc2s1. The highest BCUT2D eigenvalue weighted by Gasteiger charge is 2.19. The molecule has 0 bridgehead atoms. The zero-order valence-corrected chi connectivity index (χ0v) is 16.9. The van der Waals surface area contributed by atoms with Gasteiger partial charge in [-0.05, 0) is 47.2 Å². The Morgan fingerprint density at radius 3 is 1.40 bits per heavy atom. The fourth-order valence-corrected chi connectivity index (χ4v) is 5.77. The Morgan fingerprint density at radius 2 is 1.00 bits per heavy atom. The number of nitrogens with zero attached hydrogens (tertiary/aromatic N) is 2. The lowest BCUT2D eigenvalue weighted by atomic mass is 10.1. The third-order valence-electron chi connectivity index (χ3n) is 4.89. The van der Waals surface area contributed by atoms with Crippen LogP contribution in [0.4, 0.5) is 11.4 Å². The Labute approximate surface area is 177 Å². The topological polar surface area (TPSA) is 86.3 Å². The lowest BCUT2D eigenvalue weighted by Crippen LogP contribution is -1.89. The van der Waals surface area contributed by atoms with Crippen molar-refractivity contribution in [2.75, 3.05) is 0 Å². The van der Waals surface area contributed by atoms with Crippen molar-refractivity contribution in [3.05, 3.63) is 93.0 Å². The summed E-state index contributed by atoms with van der Waals surface area (Å²) in [6.07, 6.45) is 0. The molecule has 30 heavy (non-hydrogen) atoms. The van der Waals surface area contributed by atoms with Crippen molar-refractivity contribution >= 4 is 54.2 Å². The maximum atomic E-state index is 11.4. The van der Waals surface area contributed by atoms with E-state index in [9.17, 15) is 20.2 Å². The van der Waals surface area contributed by atoms with Gasteiger partial charge in [-0.3, -0.25) is 20.2 Å². The lowest BCUT2D eigenvalue weighted by molar-refractivity contribution is -0.384. The molecule has 0 fully saturated rings. The molecule has 0 aliphatic heterocycles. The van der Waals surface area contributed by atoms with Gasteiger partial charge < -0.3 is 0 Å². The van der Waals surface area contributed by atoms with Gasteiger partial charge in [-0.25, -0.2) is 0 Å². The number of benzene rings is 3. The molecule has 0 spiro atoms. The first kappa shape index (κ1) is 18.4. The van der Waals surface area contributed by atoms with Crippen molar-refractivity contribution in [1.29, 1.82) is 0 Å². The second kappa shape index (κ2) is 7.01. The minimum atomic E-state index is -0.364. The van der Waals surface area contributed by atoms with E-state index >= 15 is 0 Å². The summed E-state index contributed by atoms with van der Waals surface area (Å²) in [7, 11) is 0. The van der Waals surface area contributed by atoms with Crippen LogP contribution in [-0.4, -0.2) is 9.85 Å². The maximum Gasteiger partial charge on any atom is 0.278 e. The Morgan fingerprint density at radius 1 is 0.600 bits per heavy atom. The molecule has 146 valence electrons. The molecule has 0 N–H and O–H groups in total. The molecule has 0 saturated carbocycles. The molecule has 5 aromatic rings. The van der Waals surface area contributed by atoms with Gasteiger partial charge in [0.25, 0.3) is 11.4 Å². The smallest absolute Gasteiger partial charge is 0.258 e. The van der Waals surface area contributed by atoms with Crippen LogP contribution in [0.25, 0.3) is 41.1 Å². The van der Waals surface area contributed by atoms with E-state index in [0.717, 1.165) is 29.9 Å². The van der Waals surface area contributed by atoms with Crippen LogP contribution in [0.5, 0.6) is 0 Å². The zero-order valence-electron chi connectivity index (χ0n) is 15.3. The lowest BCUT2D eigenvalue weighted by Gasteiger charge is -1.98. The molecule has 0 aliphatic carbocycles. The molecule has 3 aromatic carbocycles. The summed E-state index contributed by atoms with van der Waals surface area (Å²) in [4.78, 5) is 23.7. The minimum absolute atomic E-state index is 0.0875. The summed E-state index contributed by atoms with van der Waals surface area (Å²) < 4.78 is 2.03. The third-order valence-corrected chi connectivity index (χ3v) is 7.15. The number of thiophene rings is 2. The average molecular weight is 432 g/mol. The van der Waals surface area contributed by atoms with Gasteiger partial charge in [-0.15, -0.1) is 22.7 Å². The third kappa shape index (κ3) is 3.02. The van der Waals surface area contributed by atoms with E-state index in [2.05, 4.69) is 0 Å². The van der Waals surface area contributed by atoms with Crippen LogP contribution in [0.15, 0.2) is 72.8 Å². The molecule has 0 saturated heterocycles. The normalized spacial score (nSPS) is 11.2. The highest BCUT2D eigenvalue weighted by Crippen LogP contribution is 2.43. The van der Waals surface area contributed by atoms with Gasteiger partial charge in [0.2, 0.25) is 0 Å². The highest BCUT2D eigenvalue weighted by atomic mass is 32.1. The fourth-order valence-electron chi connectivity index (χ4n) is 3.52. The van der Waals surface area contributed by atoms with Crippen LogP contribution in [0.2, 0.25) is 0 Å². The molecule has 0 aliphatic rings. The number of rotatable bonds is 4. The summed E-state index contributed by atoms with van der Waals surface area (Å²) in [5.41, 5.74) is 1.38. The first-order chi connectivity index (χ1) is 14.5. The van der Waals surface area contributed by atoms with Gasteiger partial charge in [0.05, 0.1) is 21.0 Å². The Balaban J connectivity index is 1.64. The van der Waals surface area contributed by atoms with Gasteiger partial charge >= 0.3 is 0 Å². The molecule has 5 rings (SSSR count). The van der Waals surface area contributed by atoms with E-state index in [4.69, 9.17) is 0 Å². The van der Waals surface area contributed by atoms with Crippen LogP contribution in [0.3, 0.4) is 0 Å². The molecule has 0 radical (unpaired) electrons. The summed E-state index contributed by atoms with van der Waals surface area (Å²) in [5, 5.41) is 24.7. The number of nitro benzene ring substituents is 2. The summed E-state index contributed by atoms with van der Waals surface area (Å²) in [5.74, 6) is 0. The van der Waals surface area contributed by atoms with E-state index in [0.29, 0.717) is 11.1 Å². The molecule has 0 amide bonds. The fraction of sp³-hybridized carbons (Fsp3) is 0. The van der Waals surface area contributed by atoms with E-state index in [1.54, 1.807) is 36.4 Å². The second-order valence-electron chi connectivity index (χ2n) is 6.70. The number of nitro groups is 2. The van der Waals surface area contributed by atoms with Crippen LogP contribution < -0.4 is 0 Å². The molecule has 2 heterocycles. The summed E-state index contributed by atoms with van der Waals surface area (Å²) >= 11 is 3.00. The van der Waals surface area contributed by atoms with Crippen molar-refractivity contribution < 1.29 is 9.85 Å². The summed E-state index contributed by atoms with van der Waals surface area (Å²) in [6.45, 7) is 0. The predicted octanol–water partition coefficient (Wildman–Crippen LogP) is 7.27. The zero-order chi connectivity index (χ0) is 20.8. The number of hydrogen-bond acceptors (Lipinski definition) is 6. The van der Waals surface area contributed by atoms with Crippen molar-refractivity contribution in [1.82, 2.24) is 0 Å². The second-order valence-corrected chi connectivity index (χ2v) is 8.87. The van der Waals surface area contributed by atoms with Crippen LogP contribution in [0, 0.1) is 20.2 Å².